The molecule has 0 saturated carbocycles. The fourth-order valence-electron chi connectivity index (χ4n) is 2.49. The van der Waals surface area contributed by atoms with E-state index in [-0.39, 0.29) is 4.91 Å². The Morgan fingerprint density at radius 1 is 1.13 bits per heavy atom. The van der Waals surface area contributed by atoms with Crippen molar-refractivity contribution in [3.8, 4) is 5.75 Å². The standard InChI is InChI=1S/C20H15ClN2O6S/c21-14-3-1-2-4-15(14)22-17(24)10-23-19(27)16(30-20(23)28)9-12-5-7-13(8-6-12)29-11-18(25)26/h1-9H,10-11H2,(H,22,24)(H,25,26)/b16-9+. The lowest BCUT2D eigenvalue weighted by molar-refractivity contribution is -0.139. The molecule has 2 aromatic carbocycles. The number of para-hydroxylation sites is 1. The molecule has 0 radical (unpaired) electrons. The summed E-state index contributed by atoms with van der Waals surface area (Å²) in [7, 11) is 0. The molecule has 8 nitrogen and oxygen atoms in total. The van der Waals surface area contributed by atoms with E-state index in [4.69, 9.17) is 21.4 Å². The van der Waals surface area contributed by atoms with Crippen LogP contribution in [0.3, 0.4) is 0 Å². The first-order valence-corrected chi connectivity index (χ1v) is 9.77. The Morgan fingerprint density at radius 3 is 2.50 bits per heavy atom. The monoisotopic (exact) mass is 446 g/mol. The van der Waals surface area contributed by atoms with Gasteiger partial charge in [0.1, 0.15) is 12.3 Å². The highest BCUT2D eigenvalue weighted by Crippen LogP contribution is 2.32. The van der Waals surface area contributed by atoms with Crippen molar-refractivity contribution in [1.82, 2.24) is 4.90 Å². The molecule has 30 heavy (non-hydrogen) atoms. The molecule has 1 saturated heterocycles. The Balaban J connectivity index is 1.64. The maximum Gasteiger partial charge on any atom is 0.341 e. The first-order valence-electron chi connectivity index (χ1n) is 8.58. The molecule has 0 atom stereocenters. The van der Waals surface area contributed by atoms with Crippen LogP contribution in [0.25, 0.3) is 6.08 Å². The van der Waals surface area contributed by atoms with Crippen molar-refractivity contribution >= 4 is 58.1 Å². The summed E-state index contributed by atoms with van der Waals surface area (Å²) in [5, 5.41) is 11.0. The summed E-state index contributed by atoms with van der Waals surface area (Å²) in [5.74, 6) is -1.86. The van der Waals surface area contributed by atoms with Gasteiger partial charge in [-0.1, -0.05) is 35.9 Å². The zero-order valence-electron chi connectivity index (χ0n) is 15.3. The Bertz CT molecular complexity index is 1040. The average Bonchev–Trinajstić information content (AvgIpc) is 2.96. The third kappa shape index (κ3) is 5.40. The topological polar surface area (TPSA) is 113 Å². The number of thioether (sulfide) groups is 1. The van der Waals surface area contributed by atoms with Crippen LogP contribution in [0.15, 0.2) is 53.4 Å². The van der Waals surface area contributed by atoms with Gasteiger partial charge in [0.25, 0.3) is 11.1 Å². The van der Waals surface area contributed by atoms with Crippen LogP contribution in [0.1, 0.15) is 5.56 Å². The smallest absolute Gasteiger partial charge is 0.341 e. The molecule has 0 aliphatic carbocycles. The van der Waals surface area contributed by atoms with Gasteiger partial charge in [0.15, 0.2) is 6.61 Å². The van der Waals surface area contributed by atoms with Crippen molar-refractivity contribution in [2.75, 3.05) is 18.5 Å². The first-order chi connectivity index (χ1) is 14.3. The highest BCUT2D eigenvalue weighted by molar-refractivity contribution is 8.18. The number of halogens is 1. The van der Waals surface area contributed by atoms with E-state index in [0.717, 1.165) is 16.7 Å². The maximum absolute atomic E-state index is 12.5. The Hall–Kier alpha value is -3.30. The van der Waals surface area contributed by atoms with Gasteiger partial charge in [-0.25, -0.2) is 4.79 Å². The van der Waals surface area contributed by atoms with Crippen LogP contribution in [0.2, 0.25) is 5.02 Å². The van der Waals surface area contributed by atoms with E-state index in [1.165, 1.54) is 6.08 Å². The van der Waals surface area contributed by atoms with Crippen LogP contribution >= 0.6 is 23.4 Å². The largest absolute Gasteiger partial charge is 0.482 e. The van der Waals surface area contributed by atoms with Gasteiger partial charge in [0, 0.05) is 0 Å². The van der Waals surface area contributed by atoms with Gasteiger partial charge in [-0.3, -0.25) is 19.3 Å². The molecular formula is C20H15ClN2O6S. The number of imide groups is 1. The van der Waals surface area contributed by atoms with Crippen LogP contribution < -0.4 is 10.1 Å². The van der Waals surface area contributed by atoms with E-state index < -0.39 is 36.2 Å². The Labute approximate surface area is 180 Å². The van der Waals surface area contributed by atoms with Crippen molar-refractivity contribution in [2.24, 2.45) is 0 Å². The van der Waals surface area contributed by atoms with Crippen molar-refractivity contribution < 1.29 is 29.0 Å². The third-order valence-electron chi connectivity index (χ3n) is 3.86. The number of carboxylic acid groups (broad SMARTS) is 1. The SMILES string of the molecule is O=C(O)COc1ccc(/C=C2/SC(=O)N(CC(=O)Nc3ccccc3Cl)C2=O)cc1. The molecule has 10 heteroatoms. The van der Waals surface area contributed by atoms with E-state index in [1.54, 1.807) is 48.5 Å². The number of ether oxygens (including phenoxy) is 1. The number of hydrogen-bond acceptors (Lipinski definition) is 6. The van der Waals surface area contributed by atoms with E-state index >= 15 is 0 Å². The fourth-order valence-corrected chi connectivity index (χ4v) is 3.51. The summed E-state index contributed by atoms with van der Waals surface area (Å²) in [6.45, 7) is -0.899. The van der Waals surface area contributed by atoms with Gasteiger partial charge in [-0.15, -0.1) is 0 Å². The van der Waals surface area contributed by atoms with Gasteiger partial charge in [-0.05, 0) is 47.7 Å². The number of amides is 3. The predicted octanol–water partition coefficient (Wildman–Crippen LogP) is 3.48. The predicted molar refractivity (Wildman–Crippen MR) is 112 cm³/mol. The maximum atomic E-state index is 12.5. The minimum absolute atomic E-state index is 0.171. The number of anilines is 1. The summed E-state index contributed by atoms with van der Waals surface area (Å²) in [6.07, 6.45) is 1.51. The molecule has 1 fully saturated rings. The lowest BCUT2D eigenvalue weighted by atomic mass is 10.2. The summed E-state index contributed by atoms with van der Waals surface area (Å²) in [4.78, 5) is 48.5. The zero-order valence-corrected chi connectivity index (χ0v) is 16.9. The molecule has 1 aliphatic heterocycles. The van der Waals surface area contributed by atoms with Crippen molar-refractivity contribution in [1.29, 1.82) is 0 Å². The van der Waals surface area contributed by atoms with Crippen LogP contribution in [0.5, 0.6) is 5.75 Å². The first kappa shape index (κ1) is 21.4. The second kappa shape index (κ2) is 9.47. The number of nitrogens with one attached hydrogen (secondary N) is 1. The number of rotatable bonds is 7. The summed E-state index contributed by atoms with van der Waals surface area (Å²) < 4.78 is 5.04. The molecule has 2 N–H and O–H groups in total. The number of aliphatic carboxylic acids is 1. The normalized spacial score (nSPS) is 14.8. The molecule has 0 bridgehead atoms. The molecule has 1 aliphatic rings. The number of carboxylic acids is 1. The van der Waals surface area contributed by atoms with Gasteiger partial charge in [0.05, 0.1) is 15.6 Å². The van der Waals surface area contributed by atoms with Crippen LogP contribution in [0, 0.1) is 0 Å². The second-order valence-corrected chi connectivity index (χ2v) is 7.45. The number of benzene rings is 2. The van der Waals surface area contributed by atoms with E-state index in [9.17, 15) is 19.2 Å². The van der Waals surface area contributed by atoms with Gasteiger partial charge >= 0.3 is 5.97 Å². The molecular weight excluding hydrogens is 432 g/mol. The minimum Gasteiger partial charge on any atom is -0.482 e. The van der Waals surface area contributed by atoms with Crippen LogP contribution in [-0.2, 0) is 14.4 Å². The molecule has 0 spiro atoms. The Kier molecular flexibility index (Phi) is 6.76. The number of hydrogen-bond donors (Lipinski definition) is 2. The summed E-state index contributed by atoms with van der Waals surface area (Å²) in [6, 6.07) is 13.0. The molecule has 0 unspecified atom stereocenters. The molecule has 2 aromatic rings. The Morgan fingerprint density at radius 2 is 1.83 bits per heavy atom. The van der Waals surface area contributed by atoms with Crippen LogP contribution in [0.4, 0.5) is 10.5 Å². The quantitative estimate of drug-likeness (QED) is 0.626. The van der Waals surface area contributed by atoms with Crippen LogP contribution in [-0.4, -0.2) is 46.2 Å². The zero-order chi connectivity index (χ0) is 21.7. The molecule has 0 aromatic heterocycles. The van der Waals surface area contributed by atoms with Crippen molar-refractivity contribution in [2.45, 2.75) is 0 Å². The molecule has 1 heterocycles. The average molecular weight is 447 g/mol. The fraction of sp³-hybridized carbons (Fsp3) is 0.100. The van der Waals surface area contributed by atoms with Crippen molar-refractivity contribution in [3.63, 3.8) is 0 Å². The number of nitrogens with zero attached hydrogens (tertiary/aromatic N) is 1. The lowest BCUT2D eigenvalue weighted by Gasteiger charge is -2.13. The molecule has 3 rings (SSSR count). The highest BCUT2D eigenvalue weighted by atomic mass is 35.5. The van der Waals surface area contributed by atoms with Crippen molar-refractivity contribution in [3.05, 3.63) is 64.0 Å². The summed E-state index contributed by atoms with van der Waals surface area (Å²) >= 11 is 6.72. The third-order valence-corrected chi connectivity index (χ3v) is 5.10. The number of carbonyl (C=O) groups is 4. The minimum atomic E-state index is -1.09. The highest BCUT2D eigenvalue weighted by Gasteiger charge is 2.36. The van der Waals surface area contributed by atoms with Gasteiger partial charge in [0.2, 0.25) is 5.91 Å². The van der Waals surface area contributed by atoms with E-state index in [0.29, 0.717) is 22.0 Å². The second-order valence-electron chi connectivity index (χ2n) is 6.05. The van der Waals surface area contributed by atoms with E-state index in [2.05, 4.69) is 5.32 Å². The van der Waals surface area contributed by atoms with Gasteiger partial charge < -0.3 is 15.2 Å². The lowest BCUT2D eigenvalue weighted by Crippen LogP contribution is -2.36. The van der Waals surface area contributed by atoms with E-state index in [1.807, 2.05) is 0 Å². The summed E-state index contributed by atoms with van der Waals surface area (Å²) in [5.41, 5.74) is 1.00. The number of carbonyl (C=O) groups excluding carboxylic acids is 3. The van der Waals surface area contributed by atoms with Gasteiger partial charge in [-0.2, -0.15) is 0 Å². The molecule has 3 amide bonds. The molecule has 154 valence electrons.